The normalized spacial score (nSPS) is 10.8. The SMILES string of the molecule is CCC=NN(CCC)CCC. The van der Waals surface area contributed by atoms with E-state index in [-0.39, 0.29) is 0 Å². The average molecular weight is 156 g/mol. The Hall–Kier alpha value is -0.530. The molecule has 0 saturated heterocycles. The van der Waals surface area contributed by atoms with E-state index in [1.807, 2.05) is 6.21 Å². The molecule has 0 amide bonds. The molecule has 0 aliphatic rings. The molecule has 0 radical (unpaired) electrons. The summed E-state index contributed by atoms with van der Waals surface area (Å²) in [6, 6.07) is 0. The molecular weight excluding hydrogens is 136 g/mol. The first kappa shape index (κ1) is 10.5. The minimum atomic E-state index is 1.03. The van der Waals surface area contributed by atoms with E-state index < -0.39 is 0 Å². The van der Waals surface area contributed by atoms with Crippen molar-refractivity contribution in [3.8, 4) is 0 Å². The van der Waals surface area contributed by atoms with Crippen LogP contribution in [-0.2, 0) is 0 Å². The Morgan fingerprint density at radius 2 is 1.64 bits per heavy atom. The third-order valence-electron chi connectivity index (χ3n) is 1.39. The quantitative estimate of drug-likeness (QED) is 0.426. The Morgan fingerprint density at radius 1 is 1.09 bits per heavy atom. The second-order valence-electron chi connectivity index (χ2n) is 2.66. The first-order valence-electron chi connectivity index (χ1n) is 4.62. The van der Waals surface area contributed by atoms with Crippen LogP contribution in [0.1, 0.15) is 40.0 Å². The van der Waals surface area contributed by atoms with E-state index in [4.69, 9.17) is 0 Å². The first-order valence-corrected chi connectivity index (χ1v) is 4.62. The van der Waals surface area contributed by atoms with Crippen molar-refractivity contribution >= 4 is 6.21 Å². The molecule has 11 heavy (non-hydrogen) atoms. The fraction of sp³-hybridized carbons (Fsp3) is 0.889. The molecule has 0 aromatic heterocycles. The summed E-state index contributed by atoms with van der Waals surface area (Å²) in [6.45, 7) is 8.66. The van der Waals surface area contributed by atoms with Crippen molar-refractivity contribution in [1.29, 1.82) is 0 Å². The predicted octanol–water partition coefficient (Wildman–Crippen LogP) is 2.50. The molecule has 0 aromatic carbocycles. The molecule has 0 atom stereocenters. The predicted molar refractivity (Wildman–Crippen MR) is 50.9 cm³/mol. The maximum atomic E-state index is 4.33. The highest BCUT2D eigenvalue weighted by Crippen LogP contribution is 1.93. The lowest BCUT2D eigenvalue weighted by atomic mass is 10.4. The monoisotopic (exact) mass is 156 g/mol. The summed E-state index contributed by atoms with van der Waals surface area (Å²) in [5.41, 5.74) is 0. The fourth-order valence-corrected chi connectivity index (χ4v) is 0.941. The second kappa shape index (κ2) is 7.58. The van der Waals surface area contributed by atoms with Gasteiger partial charge in [0.25, 0.3) is 0 Å². The van der Waals surface area contributed by atoms with E-state index in [2.05, 4.69) is 30.9 Å². The zero-order valence-corrected chi connectivity index (χ0v) is 8.01. The molecule has 0 fully saturated rings. The average Bonchev–Trinajstić information content (AvgIpc) is 2.01. The molecule has 66 valence electrons. The fourth-order valence-electron chi connectivity index (χ4n) is 0.941. The van der Waals surface area contributed by atoms with E-state index in [1.165, 1.54) is 12.8 Å². The van der Waals surface area contributed by atoms with Crippen LogP contribution in [-0.4, -0.2) is 24.3 Å². The van der Waals surface area contributed by atoms with Crippen LogP contribution in [0.4, 0.5) is 0 Å². The minimum Gasteiger partial charge on any atom is -0.297 e. The van der Waals surface area contributed by atoms with E-state index in [9.17, 15) is 0 Å². The lowest BCUT2D eigenvalue weighted by Gasteiger charge is -2.16. The summed E-state index contributed by atoms with van der Waals surface area (Å²) in [5.74, 6) is 0. The van der Waals surface area contributed by atoms with Gasteiger partial charge in [0.05, 0.1) is 0 Å². The minimum absolute atomic E-state index is 1.03. The summed E-state index contributed by atoms with van der Waals surface area (Å²) in [6.07, 6.45) is 5.37. The number of hydrogen-bond acceptors (Lipinski definition) is 2. The summed E-state index contributed by atoms with van der Waals surface area (Å²) in [7, 11) is 0. The zero-order chi connectivity index (χ0) is 8.53. The Labute approximate surface area is 70.3 Å². The van der Waals surface area contributed by atoms with Crippen LogP contribution in [0.3, 0.4) is 0 Å². The van der Waals surface area contributed by atoms with Gasteiger partial charge >= 0.3 is 0 Å². The molecule has 2 nitrogen and oxygen atoms in total. The molecule has 0 saturated carbocycles. The van der Waals surface area contributed by atoms with Crippen LogP contribution in [0.25, 0.3) is 0 Å². The highest BCUT2D eigenvalue weighted by molar-refractivity contribution is 5.55. The van der Waals surface area contributed by atoms with Crippen molar-refractivity contribution in [2.75, 3.05) is 13.1 Å². The van der Waals surface area contributed by atoms with Crippen molar-refractivity contribution < 1.29 is 0 Å². The number of rotatable bonds is 6. The van der Waals surface area contributed by atoms with Gasteiger partial charge in [-0.3, -0.25) is 5.01 Å². The van der Waals surface area contributed by atoms with Gasteiger partial charge in [-0.1, -0.05) is 20.8 Å². The Balaban J connectivity index is 3.58. The largest absolute Gasteiger partial charge is 0.297 e. The Kier molecular flexibility index (Phi) is 7.21. The van der Waals surface area contributed by atoms with Crippen molar-refractivity contribution in [3.05, 3.63) is 0 Å². The molecule has 0 unspecified atom stereocenters. The van der Waals surface area contributed by atoms with Gasteiger partial charge in [0.2, 0.25) is 0 Å². The van der Waals surface area contributed by atoms with Gasteiger partial charge in [-0.2, -0.15) is 5.10 Å². The van der Waals surface area contributed by atoms with Gasteiger partial charge in [-0.05, 0) is 19.3 Å². The van der Waals surface area contributed by atoms with Crippen LogP contribution in [0, 0.1) is 0 Å². The molecule has 0 heterocycles. The molecule has 0 bridgehead atoms. The van der Waals surface area contributed by atoms with Crippen LogP contribution >= 0.6 is 0 Å². The number of hydrogen-bond donors (Lipinski definition) is 0. The van der Waals surface area contributed by atoms with Gasteiger partial charge in [0.1, 0.15) is 0 Å². The maximum absolute atomic E-state index is 4.33. The number of hydrazone groups is 1. The molecule has 0 N–H and O–H groups in total. The zero-order valence-electron chi connectivity index (χ0n) is 8.01. The Morgan fingerprint density at radius 3 is 2.00 bits per heavy atom. The maximum Gasteiger partial charge on any atom is 0.0357 e. The molecule has 0 aliphatic heterocycles. The lowest BCUT2D eigenvalue weighted by Crippen LogP contribution is -2.19. The van der Waals surface area contributed by atoms with Gasteiger partial charge in [0, 0.05) is 19.3 Å². The standard InChI is InChI=1S/C9H20N2/c1-4-7-10-11(8-5-2)9-6-3/h7H,4-6,8-9H2,1-3H3. The van der Waals surface area contributed by atoms with Crippen LogP contribution in [0.15, 0.2) is 5.10 Å². The van der Waals surface area contributed by atoms with Crippen molar-refractivity contribution in [1.82, 2.24) is 5.01 Å². The van der Waals surface area contributed by atoms with Crippen LogP contribution < -0.4 is 0 Å². The van der Waals surface area contributed by atoms with Crippen LogP contribution in [0.2, 0.25) is 0 Å². The molecule has 0 spiro atoms. The van der Waals surface area contributed by atoms with E-state index in [0.29, 0.717) is 0 Å². The highest BCUT2D eigenvalue weighted by atomic mass is 15.4. The summed E-state index contributed by atoms with van der Waals surface area (Å²) < 4.78 is 0. The molecule has 0 aliphatic carbocycles. The molecule has 0 aromatic rings. The summed E-state index contributed by atoms with van der Waals surface area (Å²) in [5, 5.41) is 6.47. The Bertz CT molecular complexity index is 93.7. The van der Waals surface area contributed by atoms with Gasteiger partial charge in [-0.15, -0.1) is 0 Å². The lowest BCUT2D eigenvalue weighted by molar-refractivity contribution is 0.290. The molecular formula is C9H20N2. The second-order valence-corrected chi connectivity index (χ2v) is 2.66. The topological polar surface area (TPSA) is 15.6 Å². The van der Waals surface area contributed by atoms with E-state index >= 15 is 0 Å². The van der Waals surface area contributed by atoms with Gasteiger partial charge in [-0.25, -0.2) is 0 Å². The van der Waals surface area contributed by atoms with E-state index in [0.717, 1.165) is 19.5 Å². The summed E-state index contributed by atoms with van der Waals surface area (Å²) >= 11 is 0. The summed E-state index contributed by atoms with van der Waals surface area (Å²) in [4.78, 5) is 0. The third-order valence-corrected chi connectivity index (χ3v) is 1.39. The smallest absolute Gasteiger partial charge is 0.0357 e. The highest BCUT2D eigenvalue weighted by Gasteiger charge is 1.94. The van der Waals surface area contributed by atoms with Crippen LogP contribution in [0.5, 0.6) is 0 Å². The van der Waals surface area contributed by atoms with Gasteiger partial charge < -0.3 is 0 Å². The molecule has 2 heteroatoms. The van der Waals surface area contributed by atoms with Crippen molar-refractivity contribution in [2.24, 2.45) is 5.10 Å². The van der Waals surface area contributed by atoms with Crippen molar-refractivity contribution in [3.63, 3.8) is 0 Å². The number of nitrogens with zero attached hydrogens (tertiary/aromatic N) is 2. The van der Waals surface area contributed by atoms with Gasteiger partial charge in [0.15, 0.2) is 0 Å². The third kappa shape index (κ3) is 5.89. The first-order chi connectivity index (χ1) is 5.35. The van der Waals surface area contributed by atoms with E-state index in [1.54, 1.807) is 0 Å². The molecule has 0 rings (SSSR count). The van der Waals surface area contributed by atoms with Crippen molar-refractivity contribution in [2.45, 2.75) is 40.0 Å².